The van der Waals surface area contributed by atoms with E-state index in [0.717, 1.165) is 22.4 Å². The quantitative estimate of drug-likeness (QED) is 0.504. The van der Waals surface area contributed by atoms with Gasteiger partial charge < -0.3 is 9.47 Å². The fourth-order valence-corrected chi connectivity index (χ4v) is 3.28. The van der Waals surface area contributed by atoms with Gasteiger partial charge in [-0.25, -0.2) is 0 Å². The van der Waals surface area contributed by atoms with Crippen LogP contribution in [0, 0.1) is 13.8 Å². The molecule has 0 radical (unpaired) electrons. The summed E-state index contributed by atoms with van der Waals surface area (Å²) >= 11 is 0. The Morgan fingerprint density at radius 1 is 0.931 bits per heavy atom. The second-order valence-electron chi connectivity index (χ2n) is 7.01. The van der Waals surface area contributed by atoms with Gasteiger partial charge in [-0.05, 0) is 48.7 Å². The van der Waals surface area contributed by atoms with E-state index in [4.69, 9.17) is 9.47 Å². The molecule has 4 rings (SSSR count). The number of rotatable bonds is 5. The summed E-state index contributed by atoms with van der Waals surface area (Å²) in [4.78, 5) is 12.7. The van der Waals surface area contributed by atoms with Crippen LogP contribution in [-0.4, -0.2) is 5.78 Å². The molecular formula is C26H22O3. The molecule has 3 nitrogen and oxygen atoms in total. The third kappa shape index (κ3) is 3.99. The SMILES string of the molecule is Cc1ccccc1COc1ccc2c(c1C)O/C(=C\C=C\c1ccccc1)C2=O. The van der Waals surface area contributed by atoms with Crippen LogP contribution in [0.15, 0.2) is 84.6 Å². The summed E-state index contributed by atoms with van der Waals surface area (Å²) in [6, 6.07) is 21.7. The Morgan fingerprint density at radius 2 is 1.69 bits per heavy atom. The van der Waals surface area contributed by atoms with Crippen molar-refractivity contribution in [2.75, 3.05) is 0 Å². The molecule has 29 heavy (non-hydrogen) atoms. The van der Waals surface area contributed by atoms with Gasteiger partial charge in [-0.15, -0.1) is 0 Å². The molecule has 0 atom stereocenters. The number of hydrogen-bond donors (Lipinski definition) is 0. The van der Waals surface area contributed by atoms with Gasteiger partial charge in [0, 0.05) is 5.56 Å². The standard InChI is InChI=1S/C26H22O3/c1-18-9-6-7-13-21(18)17-28-23-16-15-22-25(27)24(29-26(22)19(23)2)14-8-12-20-10-4-3-5-11-20/h3-16H,17H2,1-2H3/b12-8+,24-14-. The minimum Gasteiger partial charge on any atom is -0.488 e. The predicted octanol–water partition coefficient (Wildman–Crippen LogP) is 6.05. The highest BCUT2D eigenvalue weighted by Crippen LogP contribution is 2.39. The van der Waals surface area contributed by atoms with Crippen molar-refractivity contribution in [1.29, 1.82) is 0 Å². The number of ketones is 1. The molecule has 0 N–H and O–H groups in total. The average molecular weight is 382 g/mol. The Morgan fingerprint density at radius 3 is 2.48 bits per heavy atom. The highest BCUT2D eigenvalue weighted by molar-refractivity contribution is 6.12. The Bertz CT molecular complexity index is 1110. The lowest BCUT2D eigenvalue weighted by Gasteiger charge is -2.12. The summed E-state index contributed by atoms with van der Waals surface area (Å²) in [6.45, 7) is 4.46. The van der Waals surface area contributed by atoms with E-state index >= 15 is 0 Å². The summed E-state index contributed by atoms with van der Waals surface area (Å²) in [5.41, 5.74) is 4.80. The van der Waals surface area contributed by atoms with Gasteiger partial charge in [0.1, 0.15) is 18.1 Å². The molecule has 0 bridgehead atoms. The van der Waals surface area contributed by atoms with Crippen molar-refractivity contribution in [3.63, 3.8) is 0 Å². The molecule has 0 aromatic heterocycles. The molecule has 0 aliphatic carbocycles. The summed E-state index contributed by atoms with van der Waals surface area (Å²) in [6.07, 6.45) is 5.48. The average Bonchev–Trinajstić information content (AvgIpc) is 3.06. The maximum Gasteiger partial charge on any atom is 0.231 e. The van der Waals surface area contributed by atoms with Crippen LogP contribution in [-0.2, 0) is 6.61 Å². The third-order valence-electron chi connectivity index (χ3n) is 5.02. The highest BCUT2D eigenvalue weighted by Gasteiger charge is 2.29. The number of allylic oxidation sites excluding steroid dienone is 3. The van der Waals surface area contributed by atoms with Crippen molar-refractivity contribution in [2.45, 2.75) is 20.5 Å². The van der Waals surface area contributed by atoms with Gasteiger partial charge in [-0.2, -0.15) is 0 Å². The molecule has 0 spiro atoms. The van der Waals surface area contributed by atoms with Gasteiger partial charge in [0.15, 0.2) is 5.76 Å². The van der Waals surface area contributed by atoms with Crippen LogP contribution in [0.25, 0.3) is 6.08 Å². The monoisotopic (exact) mass is 382 g/mol. The second-order valence-corrected chi connectivity index (χ2v) is 7.01. The third-order valence-corrected chi connectivity index (χ3v) is 5.02. The van der Waals surface area contributed by atoms with Crippen molar-refractivity contribution in [3.8, 4) is 11.5 Å². The lowest BCUT2D eigenvalue weighted by molar-refractivity contribution is 0.101. The number of ether oxygens (including phenoxy) is 2. The van der Waals surface area contributed by atoms with Crippen LogP contribution in [0.4, 0.5) is 0 Å². The van der Waals surface area contributed by atoms with Crippen LogP contribution < -0.4 is 9.47 Å². The molecule has 0 saturated heterocycles. The van der Waals surface area contributed by atoms with Crippen LogP contribution in [0.5, 0.6) is 11.5 Å². The topological polar surface area (TPSA) is 35.5 Å². The lowest BCUT2D eigenvalue weighted by atomic mass is 10.1. The van der Waals surface area contributed by atoms with Crippen LogP contribution in [0.2, 0.25) is 0 Å². The Hall–Kier alpha value is -3.59. The smallest absolute Gasteiger partial charge is 0.231 e. The number of carbonyl (C=O) groups excluding carboxylic acids is 1. The molecule has 0 amide bonds. The van der Waals surface area contributed by atoms with Gasteiger partial charge in [0.05, 0.1) is 5.56 Å². The maximum atomic E-state index is 12.7. The van der Waals surface area contributed by atoms with Crippen molar-refractivity contribution >= 4 is 11.9 Å². The van der Waals surface area contributed by atoms with E-state index in [2.05, 4.69) is 19.1 Å². The molecule has 3 aromatic rings. The molecule has 3 heteroatoms. The van der Waals surface area contributed by atoms with Gasteiger partial charge >= 0.3 is 0 Å². The molecule has 3 aromatic carbocycles. The zero-order valence-corrected chi connectivity index (χ0v) is 16.5. The molecule has 1 aliphatic heterocycles. The normalized spacial score (nSPS) is 14.3. The molecule has 0 fully saturated rings. The summed E-state index contributed by atoms with van der Waals surface area (Å²) in [5, 5.41) is 0. The molecule has 144 valence electrons. The fraction of sp³-hybridized carbons (Fsp3) is 0.115. The maximum absolute atomic E-state index is 12.7. The minimum atomic E-state index is -0.105. The van der Waals surface area contributed by atoms with E-state index in [9.17, 15) is 4.79 Å². The molecule has 1 heterocycles. The summed E-state index contributed by atoms with van der Waals surface area (Å²) < 4.78 is 11.9. The Labute approximate surface area is 170 Å². The first-order valence-electron chi connectivity index (χ1n) is 9.60. The number of fused-ring (bicyclic) bond motifs is 1. The van der Waals surface area contributed by atoms with Crippen LogP contribution in [0.1, 0.15) is 32.6 Å². The molecular weight excluding hydrogens is 360 g/mol. The Kier molecular flexibility index (Phi) is 5.30. The van der Waals surface area contributed by atoms with Gasteiger partial charge in [-0.3, -0.25) is 4.79 Å². The van der Waals surface area contributed by atoms with Crippen molar-refractivity contribution < 1.29 is 14.3 Å². The van der Waals surface area contributed by atoms with Crippen molar-refractivity contribution in [3.05, 3.63) is 112 Å². The minimum absolute atomic E-state index is 0.105. The zero-order valence-electron chi connectivity index (χ0n) is 16.5. The first-order valence-corrected chi connectivity index (χ1v) is 9.60. The van der Waals surface area contributed by atoms with E-state index in [0.29, 0.717) is 23.7 Å². The van der Waals surface area contributed by atoms with E-state index in [1.807, 2.05) is 67.6 Å². The van der Waals surface area contributed by atoms with E-state index < -0.39 is 0 Å². The van der Waals surface area contributed by atoms with E-state index in [-0.39, 0.29) is 5.78 Å². The molecule has 1 aliphatic rings. The summed E-state index contributed by atoms with van der Waals surface area (Å²) in [7, 11) is 0. The largest absolute Gasteiger partial charge is 0.488 e. The number of Topliss-reactive ketones (excluding diaryl/α,β-unsaturated/α-hetero) is 1. The second kappa shape index (κ2) is 8.19. The number of benzene rings is 3. The molecule has 0 saturated carbocycles. The number of hydrogen-bond acceptors (Lipinski definition) is 3. The van der Waals surface area contributed by atoms with Gasteiger partial charge in [-0.1, -0.05) is 66.7 Å². The van der Waals surface area contributed by atoms with Crippen LogP contribution >= 0.6 is 0 Å². The van der Waals surface area contributed by atoms with Crippen molar-refractivity contribution in [1.82, 2.24) is 0 Å². The number of carbonyl (C=O) groups is 1. The van der Waals surface area contributed by atoms with E-state index in [1.54, 1.807) is 12.1 Å². The van der Waals surface area contributed by atoms with Gasteiger partial charge in [0.2, 0.25) is 5.78 Å². The first-order chi connectivity index (χ1) is 14.1. The Balaban J connectivity index is 1.52. The first kappa shape index (κ1) is 18.8. The molecule has 0 unspecified atom stereocenters. The predicted molar refractivity (Wildman–Crippen MR) is 115 cm³/mol. The van der Waals surface area contributed by atoms with E-state index in [1.165, 1.54) is 5.56 Å². The van der Waals surface area contributed by atoms with Crippen molar-refractivity contribution in [2.24, 2.45) is 0 Å². The zero-order chi connectivity index (χ0) is 20.2. The highest BCUT2D eigenvalue weighted by atomic mass is 16.5. The fourth-order valence-electron chi connectivity index (χ4n) is 3.28. The lowest BCUT2D eigenvalue weighted by Crippen LogP contribution is -2.00. The van der Waals surface area contributed by atoms with Gasteiger partial charge in [0.25, 0.3) is 0 Å². The summed E-state index contributed by atoms with van der Waals surface area (Å²) in [5.74, 6) is 1.52. The number of aryl methyl sites for hydroxylation is 1. The van der Waals surface area contributed by atoms with Crippen LogP contribution in [0.3, 0.4) is 0 Å².